The van der Waals surface area contributed by atoms with Crippen molar-refractivity contribution in [2.45, 2.75) is 19.8 Å². The lowest BCUT2D eigenvalue weighted by atomic mass is 10.1. The van der Waals surface area contributed by atoms with E-state index in [1.54, 1.807) is 25.4 Å². The van der Waals surface area contributed by atoms with Crippen molar-refractivity contribution in [3.63, 3.8) is 0 Å². The molecule has 0 radical (unpaired) electrons. The predicted octanol–water partition coefficient (Wildman–Crippen LogP) is 2.37. The number of hydrogen-bond donors (Lipinski definition) is 2. The molecular weight excluding hydrogens is 321 g/mol. The number of benzene rings is 1. The Bertz CT molecular complexity index is 746. The molecule has 0 bridgehead atoms. The number of aryl methyl sites for hydroxylation is 1. The Morgan fingerprint density at radius 2 is 2.00 bits per heavy atom. The van der Waals surface area contributed by atoms with Gasteiger partial charge in [-0.15, -0.1) is 0 Å². The van der Waals surface area contributed by atoms with Gasteiger partial charge in [0.25, 0.3) is 5.91 Å². The van der Waals surface area contributed by atoms with E-state index in [0.29, 0.717) is 24.2 Å². The normalized spacial score (nSPS) is 13.8. The third-order valence-electron chi connectivity index (χ3n) is 4.23. The number of halogens is 1. The molecule has 7 heteroatoms. The quantitative estimate of drug-likeness (QED) is 0.788. The highest BCUT2D eigenvalue weighted by atomic mass is 19.1. The molecule has 0 aliphatic carbocycles. The zero-order valence-corrected chi connectivity index (χ0v) is 14.3. The molecule has 1 fully saturated rings. The Kier molecular flexibility index (Phi) is 5.42. The molecule has 1 saturated heterocycles. The Balaban J connectivity index is 1.47. The van der Waals surface area contributed by atoms with Crippen LogP contribution < -0.4 is 15.5 Å². The highest BCUT2D eigenvalue weighted by molar-refractivity contribution is 5.94. The van der Waals surface area contributed by atoms with Crippen molar-refractivity contribution in [3.8, 4) is 0 Å². The summed E-state index contributed by atoms with van der Waals surface area (Å²) in [5.74, 6) is 0.990. The Morgan fingerprint density at radius 3 is 2.76 bits per heavy atom. The van der Waals surface area contributed by atoms with Crippen LogP contribution in [0.2, 0.25) is 0 Å². The van der Waals surface area contributed by atoms with Gasteiger partial charge in [-0.2, -0.15) is 0 Å². The summed E-state index contributed by atoms with van der Waals surface area (Å²) < 4.78 is 13.5. The van der Waals surface area contributed by atoms with Crippen LogP contribution in [0.25, 0.3) is 0 Å². The summed E-state index contributed by atoms with van der Waals surface area (Å²) in [4.78, 5) is 22.7. The highest BCUT2D eigenvalue weighted by Gasteiger charge is 2.14. The van der Waals surface area contributed by atoms with Crippen LogP contribution in [-0.4, -0.2) is 42.1 Å². The summed E-state index contributed by atoms with van der Waals surface area (Å²) in [5, 5.41) is 5.93. The van der Waals surface area contributed by atoms with Crippen molar-refractivity contribution < 1.29 is 9.18 Å². The second-order valence-corrected chi connectivity index (χ2v) is 6.10. The Morgan fingerprint density at radius 1 is 1.20 bits per heavy atom. The van der Waals surface area contributed by atoms with Crippen LogP contribution in [0.3, 0.4) is 0 Å². The van der Waals surface area contributed by atoms with Gasteiger partial charge in [0, 0.05) is 37.8 Å². The molecule has 0 saturated carbocycles. The average molecular weight is 343 g/mol. The summed E-state index contributed by atoms with van der Waals surface area (Å²) in [6.07, 6.45) is 3.93. The van der Waals surface area contributed by atoms with Crippen molar-refractivity contribution in [2.24, 2.45) is 0 Å². The van der Waals surface area contributed by atoms with E-state index in [9.17, 15) is 9.18 Å². The first kappa shape index (κ1) is 17.1. The monoisotopic (exact) mass is 343 g/mol. The van der Waals surface area contributed by atoms with E-state index in [2.05, 4.69) is 25.5 Å². The third-order valence-corrected chi connectivity index (χ3v) is 4.23. The SMILES string of the molecule is Cc1ccc(C(=O)NCCNc2cc(N3CCCC3)ncn2)cc1F. The largest absolute Gasteiger partial charge is 0.368 e. The van der Waals surface area contributed by atoms with E-state index < -0.39 is 0 Å². The molecule has 132 valence electrons. The molecule has 2 N–H and O–H groups in total. The van der Waals surface area contributed by atoms with Crippen LogP contribution in [-0.2, 0) is 0 Å². The third kappa shape index (κ3) is 4.43. The van der Waals surface area contributed by atoms with Crippen molar-refractivity contribution in [1.82, 2.24) is 15.3 Å². The van der Waals surface area contributed by atoms with Gasteiger partial charge >= 0.3 is 0 Å². The van der Waals surface area contributed by atoms with Crippen LogP contribution in [0.5, 0.6) is 0 Å². The minimum atomic E-state index is -0.374. The molecule has 0 unspecified atom stereocenters. The first-order valence-electron chi connectivity index (χ1n) is 8.49. The fraction of sp³-hybridized carbons (Fsp3) is 0.389. The summed E-state index contributed by atoms with van der Waals surface area (Å²) in [7, 11) is 0. The van der Waals surface area contributed by atoms with Gasteiger partial charge in [-0.25, -0.2) is 14.4 Å². The maximum Gasteiger partial charge on any atom is 0.251 e. The zero-order valence-electron chi connectivity index (χ0n) is 14.3. The van der Waals surface area contributed by atoms with E-state index >= 15 is 0 Å². The minimum Gasteiger partial charge on any atom is -0.368 e. The van der Waals surface area contributed by atoms with Crippen molar-refractivity contribution in [2.75, 3.05) is 36.4 Å². The number of carbonyl (C=O) groups is 1. The van der Waals surface area contributed by atoms with Crippen molar-refractivity contribution in [1.29, 1.82) is 0 Å². The number of anilines is 2. The summed E-state index contributed by atoms with van der Waals surface area (Å²) in [6.45, 7) is 4.66. The molecule has 0 atom stereocenters. The molecule has 1 aromatic carbocycles. The number of nitrogens with zero attached hydrogens (tertiary/aromatic N) is 3. The number of amides is 1. The van der Waals surface area contributed by atoms with E-state index in [1.807, 2.05) is 6.07 Å². The molecule has 1 aliphatic rings. The average Bonchev–Trinajstić information content (AvgIpc) is 3.16. The molecular formula is C18H22FN5O. The lowest BCUT2D eigenvalue weighted by molar-refractivity contribution is 0.0954. The smallest absolute Gasteiger partial charge is 0.251 e. The molecule has 0 spiro atoms. The van der Waals surface area contributed by atoms with Gasteiger partial charge in [0.1, 0.15) is 23.8 Å². The molecule has 1 amide bonds. The fourth-order valence-corrected chi connectivity index (χ4v) is 2.77. The lowest BCUT2D eigenvalue weighted by Gasteiger charge is -2.16. The molecule has 25 heavy (non-hydrogen) atoms. The molecule has 1 aromatic heterocycles. The topological polar surface area (TPSA) is 70.2 Å². The summed E-state index contributed by atoms with van der Waals surface area (Å²) >= 11 is 0. The van der Waals surface area contributed by atoms with Gasteiger partial charge in [-0.3, -0.25) is 4.79 Å². The fourth-order valence-electron chi connectivity index (χ4n) is 2.77. The van der Waals surface area contributed by atoms with Crippen LogP contribution in [0.4, 0.5) is 16.0 Å². The van der Waals surface area contributed by atoms with Crippen LogP contribution in [0.15, 0.2) is 30.6 Å². The highest BCUT2D eigenvalue weighted by Crippen LogP contribution is 2.19. The van der Waals surface area contributed by atoms with Crippen molar-refractivity contribution in [3.05, 3.63) is 47.5 Å². The first-order valence-corrected chi connectivity index (χ1v) is 8.49. The number of nitrogens with one attached hydrogen (secondary N) is 2. The van der Waals surface area contributed by atoms with E-state index in [-0.39, 0.29) is 11.7 Å². The van der Waals surface area contributed by atoms with Gasteiger partial charge < -0.3 is 15.5 Å². The van der Waals surface area contributed by atoms with Crippen molar-refractivity contribution >= 4 is 17.5 Å². The maximum atomic E-state index is 13.5. The van der Waals surface area contributed by atoms with Gasteiger partial charge in [0.2, 0.25) is 0 Å². The molecule has 6 nitrogen and oxygen atoms in total. The number of rotatable bonds is 6. The van der Waals surface area contributed by atoms with Gasteiger partial charge in [0.15, 0.2) is 0 Å². The molecule has 1 aliphatic heterocycles. The molecule has 2 aromatic rings. The van der Waals surface area contributed by atoms with Gasteiger partial charge in [-0.1, -0.05) is 6.07 Å². The molecule has 3 rings (SSSR count). The lowest BCUT2D eigenvalue weighted by Crippen LogP contribution is -2.29. The predicted molar refractivity (Wildman–Crippen MR) is 95.4 cm³/mol. The minimum absolute atomic E-state index is 0.291. The van der Waals surface area contributed by atoms with Crippen LogP contribution in [0, 0.1) is 12.7 Å². The Hall–Kier alpha value is -2.70. The standard InChI is InChI=1S/C18H22FN5O/c1-13-4-5-14(10-15(13)19)18(25)21-7-6-20-16-11-17(23-12-22-16)24-8-2-3-9-24/h4-5,10-12H,2-3,6-9H2,1H3,(H,21,25)(H,20,22,23). The number of carbonyl (C=O) groups excluding carboxylic acids is 1. The van der Waals surface area contributed by atoms with E-state index in [0.717, 1.165) is 24.7 Å². The zero-order chi connectivity index (χ0) is 17.6. The second kappa shape index (κ2) is 7.92. The van der Waals surface area contributed by atoms with E-state index in [1.165, 1.54) is 18.9 Å². The second-order valence-electron chi connectivity index (χ2n) is 6.10. The van der Waals surface area contributed by atoms with Gasteiger partial charge in [0.05, 0.1) is 0 Å². The molecule has 2 heterocycles. The van der Waals surface area contributed by atoms with Gasteiger partial charge in [-0.05, 0) is 37.5 Å². The summed E-state index contributed by atoms with van der Waals surface area (Å²) in [6, 6.07) is 6.39. The first-order chi connectivity index (χ1) is 12.1. The maximum absolute atomic E-state index is 13.5. The summed E-state index contributed by atoms with van der Waals surface area (Å²) in [5.41, 5.74) is 0.845. The number of aromatic nitrogens is 2. The van der Waals surface area contributed by atoms with Crippen LogP contribution in [0.1, 0.15) is 28.8 Å². The van der Waals surface area contributed by atoms with E-state index in [4.69, 9.17) is 0 Å². The Labute approximate surface area is 146 Å². The van der Waals surface area contributed by atoms with Crippen LogP contribution >= 0.6 is 0 Å². The number of hydrogen-bond acceptors (Lipinski definition) is 5.